The highest BCUT2D eigenvalue weighted by Crippen LogP contribution is 2.25. The Morgan fingerprint density at radius 2 is 2.24 bits per heavy atom. The number of benzene rings is 1. The van der Waals surface area contributed by atoms with Gasteiger partial charge in [-0.05, 0) is 25.5 Å². The van der Waals surface area contributed by atoms with Gasteiger partial charge < -0.3 is 15.0 Å². The molecule has 1 aromatic heterocycles. The van der Waals surface area contributed by atoms with Crippen molar-refractivity contribution in [3.8, 4) is 17.1 Å². The number of aromatic amines is 1. The van der Waals surface area contributed by atoms with E-state index in [-0.39, 0.29) is 0 Å². The number of ether oxygens (including phenoxy) is 1. The summed E-state index contributed by atoms with van der Waals surface area (Å²) in [6.07, 6.45) is 0. The van der Waals surface area contributed by atoms with Crippen LogP contribution in [0.15, 0.2) is 18.2 Å². The van der Waals surface area contributed by atoms with Crippen LogP contribution in [-0.4, -0.2) is 48.0 Å². The molecule has 2 aromatic rings. The van der Waals surface area contributed by atoms with Gasteiger partial charge in [0, 0.05) is 31.2 Å². The maximum absolute atomic E-state index is 5.36. The van der Waals surface area contributed by atoms with E-state index in [0.29, 0.717) is 6.04 Å². The van der Waals surface area contributed by atoms with E-state index in [9.17, 15) is 0 Å². The molecule has 21 heavy (non-hydrogen) atoms. The summed E-state index contributed by atoms with van der Waals surface area (Å²) in [6.45, 7) is 7.01. The number of methoxy groups -OCH3 is 1. The first kappa shape index (κ1) is 13.9. The fraction of sp³-hybridized carbons (Fsp3) is 0.467. The molecule has 112 valence electrons. The monoisotopic (exact) mass is 287 g/mol. The van der Waals surface area contributed by atoms with E-state index in [2.05, 4.69) is 32.3 Å². The Bertz CT molecular complexity index is 624. The molecule has 3 rings (SSSR count). The topological polar surface area (TPSA) is 66.1 Å². The lowest BCUT2D eigenvalue weighted by Crippen LogP contribution is -2.49. The molecule has 0 bridgehead atoms. The molecular formula is C15H21N5O. The molecule has 2 heterocycles. The number of nitrogens with zero attached hydrogens (tertiary/aromatic N) is 3. The van der Waals surface area contributed by atoms with Crippen LogP contribution < -0.4 is 15.0 Å². The molecule has 6 nitrogen and oxygen atoms in total. The average molecular weight is 287 g/mol. The smallest absolute Gasteiger partial charge is 0.245 e. The minimum Gasteiger partial charge on any atom is -0.496 e. The third kappa shape index (κ3) is 2.85. The zero-order valence-corrected chi connectivity index (χ0v) is 12.7. The van der Waals surface area contributed by atoms with Gasteiger partial charge in [0.25, 0.3) is 0 Å². The number of nitrogens with one attached hydrogen (secondary N) is 2. The second kappa shape index (κ2) is 5.73. The largest absolute Gasteiger partial charge is 0.496 e. The van der Waals surface area contributed by atoms with Crippen LogP contribution in [-0.2, 0) is 0 Å². The Kier molecular flexibility index (Phi) is 3.79. The molecule has 1 aromatic carbocycles. The summed E-state index contributed by atoms with van der Waals surface area (Å²) in [4.78, 5) is 6.82. The maximum atomic E-state index is 5.36. The molecular weight excluding hydrogens is 266 g/mol. The number of hydrogen-bond acceptors (Lipinski definition) is 5. The zero-order valence-electron chi connectivity index (χ0n) is 12.7. The molecule has 6 heteroatoms. The predicted molar refractivity (Wildman–Crippen MR) is 82.8 cm³/mol. The van der Waals surface area contributed by atoms with Gasteiger partial charge >= 0.3 is 0 Å². The zero-order chi connectivity index (χ0) is 14.8. The van der Waals surface area contributed by atoms with E-state index in [4.69, 9.17) is 4.74 Å². The van der Waals surface area contributed by atoms with Gasteiger partial charge in [-0.25, -0.2) is 0 Å². The molecule has 1 aliphatic rings. The van der Waals surface area contributed by atoms with E-state index in [1.54, 1.807) is 7.11 Å². The van der Waals surface area contributed by atoms with Crippen molar-refractivity contribution in [3.63, 3.8) is 0 Å². The maximum Gasteiger partial charge on any atom is 0.245 e. The van der Waals surface area contributed by atoms with Crippen LogP contribution in [0.5, 0.6) is 5.75 Å². The average Bonchev–Trinajstić information content (AvgIpc) is 2.97. The fourth-order valence-corrected chi connectivity index (χ4v) is 2.60. The van der Waals surface area contributed by atoms with Crippen LogP contribution in [0.2, 0.25) is 0 Å². The van der Waals surface area contributed by atoms with Crippen molar-refractivity contribution in [1.29, 1.82) is 0 Å². The van der Waals surface area contributed by atoms with Crippen molar-refractivity contribution < 1.29 is 4.74 Å². The number of hydrogen-bond donors (Lipinski definition) is 2. The van der Waals surface area contributed by atoms with Crippen LogP contribution in [0.1, 0.15) is 12.5 Å². The van der Waals surface area contributed by atoms with Crippen LogP contribution in [0.4, 0.5) is 5.95 Å². The third-order valence-corrected chi connectivity index (χ3v) is 3.81. The van der Waals surface area contributed by atoms with Gasteiger partial charge in [0.05, 0.1) is 7.11 Å². The molecule has 1 saturated heterocycles. The second-order valence-corrected chi connectivity index (χ2v) is 5.47. The molecule has 1 fully saturated rings. The summed E-state index contributed by atoms with van der Waals surface area (Å²) in [7, 11) is 1.68. The number of H-pyrrole nitrogens is 1. The normalized spacial score (nSPS) is 18.8. The fourth-order valence-electron chi connectivity index (χ4n) is 2.60. The Labute approximate surface area is 124 Å². The molecule has 1 atom stereocenters. The first-order valence-electron chi connectivity index (χ1n) is 7.23. The lowest BCUT2D eigenvalue weighted by molar-refractivity contribution is 0.412. The summed E-state index contributed by atoms with van der Waals surface area (Å²) in [5.74, 6) is 2.40. The van der Waals surface area contributed by atoms with Crippen LogP contribution >= 0.6 is 0 Å². The van der Waals surface area contributed by atoms with Gasteiger partial charge in [-0.2, -0.15) is 4.98 Å². The van der Waals surface area contributed by atoms with Gasteiger partial charge in [-0.1, -0.05) is 12.1 Å². The van der Waals surface area contributed by atoms with E-state index in [0.717, 1.165) is 48.3 Å². The van der Waals surface area contributed by atoms with Crippen molar-refractivity contribution in [1.82, 2.24) is 20.5 Å². The van der Waals surface area contributed by atoms with Crippen LogP contribution in [0.3, 0.4) is 0 Å². The quantitative estimate of drug-likeness (QED) is 0.897. The Balaban J connectivity index is 1.84. The Morgan fingerprint density at radius 3 is 3.00 bits per heavy atom. The first-order valence-corrected chi connectivity index (χ1v) is 7.23. The molecule has 0 radical (unpaired) electrons. The minimum absolute atomic E-state index is 0.458. The number of piperazine rings is 1. The van der Waals surface area contributed by atoms with Gasteiger partial charge in [-0.3, -0.25) is 5.10 Å². The van der Waals surface area contributed by atoms with E-state index in [1.165, 1.54) is 0 Å². The third-order valence-electron chi connectivity index (χ3n) is 3.81. The van der Waals surface area contributed by atoms with Crippen LogP contribution in [0.25, 0.3) is 11.4 Å². The molecule has 0 spiro atoms. The minimum atomic E-state index is 0.458. The molecule has 1 aliphatic heterocycles. The number of anilines is 1. The van der Waals surface area contributed by atoms with Gasteiger partial charge in [0.15, 0.2) is 5.82 Å². The number of aryl methyl sites for hydroxylation is 1. The highest BCUT2D eigenvalue weighted by Gasteiger charge is 2.19. The van der Waals surface area contributed by atoms with Crippen molar-refractivity contribution in [2.75, 3.05) is 31.6 Å². The Hall–Kier alpha value is -2.08. The van der Waals surface area contributed by atoms with Crippen molar-refractivity contribution in [2.24, 2.45) is 0 Å². The van der Waals surface area contributed by atoms with E-state index < -0.39 is 0 Å². The summed E-state index contributed by atoms with van der Waals surface area (Å²) in [6, 6.07) is 6.51. The standard InChI is InChI=1S/C15H21N5O/c1-10-4-5-12(8-13(10)21-3)14-17-15(19-18-14)20-7-6-16-11(2)9-20/h4-5,8,11,16H,6-7,9H2,1-3H3,(H,17,18,19)/t11-/m0/s1. The lowest BCUT2D eigenvalue weighted by Gasteiger charge is -2.30. The lowest BCUT2D eigenvalue weighted by atomic mass is 10.1. The summed E-state index contributed by atoms with van der Waals surface area (Å²) in [5.41, 5.74) is 2.09. The number of aromatic nitrogens is 3. The second-order valence-electron chi connectivity index (χ2n) is 5.47. The van der Waals surface area contributed by atoms with Crippen molar-refractivity contribution in [2.45, 2.75) is 19.9 Å². The van der Waals surface area contributed by atoms with E-state index >= 15 is 0 Å². The molecule has 2 N–H and O–H groups in total. The molecule has 0 aliphatic carbocycles. The highest BCUT2D eigenvalue weighted by molar-refractivity contribution is 5.60. The van der Waals surface area contributed by atoms with Crippen LogP contribution in [0, 0.1) is 6.92 Å². The molecule has 0 unspecified atom stereocenters. The summed E-state index contributed by atoms with van der Waals surface area (Å²) < 4.78 is 5.36. The SMILES string of the molecule is COc1cc(-c2nc(N3CCN[C@@H](C)C3)n[nH]2)ccc1C. The van der Waals surface area contributed by atoms with Gasteiger partial charge in [0.1, 0.15) is 5.75 Å². The van der Waals surface area contributed by atoms with Crippen molar-refractivity contribution in [3.05, 3.63) is 23.8 Å². The predicted octanol–water partition coefficient (Wildman–Crippen LogP) is 1.59. The van der Waals surface area contributed by atoms with E-state index in [1.807, 2.05) is 25.1 Å². The van der Waals surface area contributed by atoms with Gasteiger partial charge in [0.2, 0.25) is 5.95 Å². The molecule has 0 saturated carbocycles. The first-order chi connectivity index (χ1) is 10.2. The van der Waals surface area contributed by atoms with Crippen molar-refractivity contribution >= 4 is 5.95 Å². The molecule has 0 amide bonds. The number of rotatable bonds is 3. The highest BCUT2D eigenvalue weighted by atomic mass is 16.5. The summed E-state index contributed by atoms with van der Waals surface area (Å²) in [5, 5.41) is 10.8. The summed E-state index contributed by atoms with van der Waals surface area (Å²) >= 11 is 0. The Morgan fingerprint density at radius 1 is 1.38 bits per heavy atom. The van der Waals surface area contributed by atoms with Gasteiger partial charge in [-0.15, -0.1) is 5.10 Å².